The number of rotatable bonds is 9. The first kappa shape index (κ1) is 23.6. The molecular weight excluding hydrogens is 452 g/mol. The molecule has 1 saturated heterocycles. The summed E-state index contributed by atoms with van der Waals surface area (Å²) in [7, 11) is 1.58. The molecule has 0 aromatic heterocycles. The van der Waals surface area contributed by atoms with Crippen molar-refractivity contribution in [2.24, 2.45) is 0 Å². The van der Waals surface area contributed by atoms with Crippen molar-refractivity contribution in [3.05, 3.63) is 95.6 Å². The highest BCUT2D eigenvalue weighted by atomic mass is 32.2. The van der Waals surface area contributed by atoms with Gasteiger partial charge in [0, 0.05) is 0 Å². The van der Waals surface area contributed by atoms with Gasteiger partial charge in [0.25, 0.3) is 0 Å². The third-order valence-electron chi connectivity index (χ3n) is 5.42. The molecule has 7 heteroatoms. The lowest BCUT2D eigenvalue weighted by molar-refractivity contribution is -0.121. The summed E-state index contributed by atoms with van der Waals surface area (Å²) in [4.78, 5) is 36.0. The number of methoxy groups -OCH3 is 1. The molecule has 0 bridgehead atoms. The normalized spacial score (nSPS) is 16.2. The van der Waals surface area contributed by atoms with Crippen molar-refractivity contribution < 1.29 is 28.6 Å². The third kappa shape index (κ3) is 6.05. The minimum absolute atomic E-state index is 0.0170. The van der Waals surface area contributed by atoms with Crippen LogP contribution in [0.15, 0.2) is 78.9 Å². The molecule has 1 aliphatic heterocycles. The van der Waals surface area contributed by atoms with Gasteiger partial charge in [-0.2, -0.15) is 0 Å². The van der Waals surface area contributed by atoms with Gasteiger partial charge in [-0.15, -0.1) is 0 Å². The van der Waals surface area contributed by atoms with Crippen LogP contribution in [-0.2, 0) is 20.7 Å². The monoisotopic (exact) mass is 476 g/mol. The number of esters is 1. The van der Waals surface area contributed by atoms with E-state index in [0.717, 1.165) is 22.9 Å². The van der Waals surface area contributed by atoms with Gasteiger partial charge in [-0.05, 0) is 53.9 Å². The summed E-state index contributed by atoms with van der Waals surface area (Å²) in [5.41, 5.74) is 2.16. The van der Waals surface area contributed by atoms with Crippen LogP contribution in [0.3, 0.4) is 0 Å². The Morgan fingerprint density at radius 2 is 1.74 bits per heavy atom. The second-order valence-corrected chi connectivity index (χ2v) is 9.08. The van der Waals surface area contributed by atoms with E-state index in [9.17, 15) is 14.4 Å². The summed E-state index contributed by atoms with van der Waals surface area (Å²) < 4.78 is 17.0. The van der Waals surface area contributed by atoms with E-state index in [-0.39, 0.29) is 29.2 Å². The Hall–Kier alpha value is -3.58. The first-order valence-corrected chi connectivity index (χ1v) is 11.7. The number of thioether (sulfide) groups is 1. The predicted octanol–water partition coefficient (Wildman–Crippen LogP) is 4.82. The van der Waals surface area contributed by atoms with Gasteiger partial charge in [0.15, 0.2) is 17.0 Å². The molecule has 0 spiro atoms. The summed E-state index contributed by atoms with van der Waals surface area (Å²) in [6.07, 6.45) is -0.124. The van der Waals surface area contributed by atoms with E-state index < -0.39 is 12.1 Å². The quantitative estimate of drug-likeness (QED) is 0.324. The highest BCUT2D eigenvalue weighted by molar-refractivity contribution is 8.15. The van der Waals surface area contributed by atoms with E-state index in [0.29, 0.717) is 23.5 Å². The largest absolute Gasteiger partial charge is 0.497 e. The lowest BCUT2D eigenvalue weighted by Crippen LogP contribution is -2.18. The van der Waals surface area contributed by atoms with Gasteiger partial charge in [0.1, 0.15) is 18.1 Å². The molecule has 0 amide bonds. The Morgan fingerprint density at radius 1 is 0.971 bits per heavy atom. The molecule has 0 aliphatic carbocycles. The van der Waals surface area contributed by atoms with Gasteiger partial charge < -0.3 is 14.2 Å². The van der Waals surface area contributed by atoms with Gasteiger partial charge in [0.2, 0.25) is 0 Å². The Balaban J connectivity index is 1.44. The lowest BCUT2D eigenvalue weighted by Gasteiger charge is -2.20. The molecule has 0 saturated carbocycles. The number of carbonyl (C=O) groups excluding carboxylic acids is 3. The molecule has 2 unspecified atom stereocenters. The van der Waals surface area contributed by atoms with Crippen molar-refractivity contribution in [2.75, 3.05) is 13.7 Å². The molecule has 1 aliphatic rings. The van der Waals surface area contributed by atoms with Gasteiger partial charge in [0.05, 0.1) is 24.3 Å². The number of hydrogen-bond donors (Lipinski definition) is 0. The molecule has 174 valence electrons. The number of ketones is 1. The molecule has 1 fully saturated rings. The number of carbonyl (C=O) groups is 3. The van der Waals surface area contributed by atoms with Crippen LogP contribution in [0.5, 0.6) is 11.5 Å². The summed E-state index contributed by atoms with van der Waals surface area (Å²) in [6, 6.07) is 23.5. The molecule has 6 nitrogen and oxygen atoms in total. The minimum Gasteiger partial charge on any atom is -0.497 e. The Bertz CT molecular complexity index is 1160. The highest BCUT2D eigenvalue weighted by Gasteiger charge is 2.31. The van der Waals surface area contributed by atoms with Crippen molar-refractivity contribution >= 4 is 28.6 Å². The number of hydrogen-bond acceptors (Lipinski definition) is 7. The molecule has 3 aromatic carbocycles. The van der Waals surface area contributed by atoms with Crippen LogP contribution >= 0.6 is 11.8 Å². The summed E-state index contributed by atoms with van der Waals surface area (Å²) in [5.74, 6) is 0.798. The maximum atomic E-state index is 12.7. The highest BCUT2D eigenvalue weighted by Crippen LogP contribution is 2.29. The van der Waals surface area contributed by atoms with Crippen LogP contribution in [0, 0.1) is 0 Å². The fourth-order valence-corrected chi connectivity index (χ4v) is 4.63. The van der Waals surface area contributed by atoms with Crippen molar-refractivity contribution in [1.82, 2.24) is 0 Å². The first-order chi connectivity index (χ1) is 16.5. The third-order valence-corrected chi connectivity index (χ3v) is 6.54. The predicted molar refractivity (Wildman–Crippen MR) is 129 cm³/mol. The Kier molecular flexibility index (Phi) is 7.65. The van der Waals surface area contributed by atoms with E-state index in [4.69, 9.17) is 14.2 Å². The molecular formula is C27H24O6S. The second-order valence-electron chi connectivity index (χ2n) is 7.82. The minimum atomic E-state index is -0.652. The average Bonchev–Trinajstić information content (AvgIpc) is 3.19. The van der Waals surface area contributed by atoms with Gasteiger partial charge in [-0.3, -0.25) is 9.59 Å². The van der Waals surface area contributed by atoms with E-state index in [1.54, 1.807) is 31.4 Å². The van der Waals surface area contributed by atoms with Gasteiger partial charge in [-0.25, -0.2) is 4.79 Å². The van der Waals surface area contributed by atoms with E-state index in [2.05, 4.69) is 0 Å². The number of Topliss-reactive ketones (excluding diaryl/α,β-unsaturated/α-hetero) is 1. The van der Waals surface area contributed by atoms with Crippen LogP contribution in [0.1, 0.15) is 34.0 Å². The molecule has 1 heterocycles. The van der Waals surface area contributed by atoms with E-state index >= 15 is 0 Å². The van der Waals surface area contributed by atoms with Gasteiger partial charge in [-0.1, -0.05) is 54.2 Å². The summed E-state index contributed by atoms with van der Waals surface area (Å²) in [6.45, 7) is 0.108. The zero-order chi connectivity index (χ0) is 23.9. The lowest BCUT2D eigenvalue weighted by atomic mass is 10.1. The molecule has 2 atom stereocenters. The average molecular weight is 477 g/mol. The zero-order valence-electron chi connectivity index (χ0n) is 18.6. The van der Waals surface area contributed by atoms with E-state index in [1.165, 1.54) is 0 Å². The topological polar surface area (TPSA) is 78.9 Å². The van der Waals surface area contributed by atoms with Crippen LogP contribution in [0.25, 0.3) is 0 Å². The molecule has 4 rings (SSSR count). The maximum Gasteiger partial charge on any atom is 0.338 e. The number of ether oxygens (including phenoxy) is 3. The maximum absolute atomic E-state index is 12.7. The van der Waals surface area contributed by atoms with Crippen molar-refractivity contribution in [3.8, 4) is 11.5 Å². The van der Waals surface area contributed by atoms with Crippen LogP contribution < -0.4 is 9.47 Å². The number of benzene rings is 3. The Labute approximate surface area is 202 Å². The summed E-state index contributed by atoms with van der Waals surface area (Å²) in [5, 5.41) is -0.377. The van der Waals surface area contributed by atoms with Crippen LogP contribution in [0.2, 0.25) is 0 Å². The van der Waals surface area contributed by atoms with Crippen molar-refractivity contribution in [2.45, 2.75) is 24.2 Å². The molecule has 0 radical (unpaired) electrons. The Morgan fingerprint density at radius 3 is 2.41 bits per heavy atom. The zero-order valence-corrected chi connectivity index (χ0v) is 19.5. The smallest absolute Gasteiger partial charge is 0.338 e. The molecule has 34 heavy (non-hydrogen) atoms. The standard InChI is InChI=1S/C27H24O6S/c1-31-22-9-5-8-20(15-22)24(33-27(30)19-6-3-2-4-7-19)17-32-21-12-10-18(11-13-21)14-25-23(28)16-26(29)34-25/h2-13,15,24-25H,14,16-17H2,1H3. The van der Waals surface area contributed by atoms with Crippen LogP contribution in [-0.4, -0.2) is 35.8 Å². The van der Waals surface area contributed by atoms with Gasteiger partial charge >= 0.3 is 5.97 Å². The summed E-state index contributed by atoms with van der Waals surface area (Å²) >= 11 is 1.11. The fourth-order valence-electron chi connectivity index (χ4n) is 3.60. The van der Waals surface area contributed by atoms with E-state index in [1.807, 2.05) is 54.6 Å². The van der Waals surface area contributed by atoms with Crippen molar-refractivity contribution in [3.63, 3.8) is 0 Å². The SMILES string of the molecule is COc1cccc(C(COc2ccc(CC3SC(=O)CC3=O)cc2)OC(=O)c2ccccc2)c1. The molecule has 3 aromatic rings. The second kappa shape index (κ2) is 11.0. The fraction of sp³-hybridized carbons (Fsp3) is 0.222. The van der Waals surface area contributed by atoms with Crippen LogP contribution in [0.4, 0.5) is 0 Å². The molecule has 0 N–H and O–H groups in total. The van der Waals surface area contributed by atoms with Crippen molar-refractivity contribution in [1.29, 1.82) is 0 Å². The first-order valence-electron chi connectivity index (χ1n) is 10.9.